The van der Waals surface area contributed by atoms with Crippen molar-refractivity contribution in [3.05, 3.63) is 328 Å². The molecule has 0 saturated heterocycles. The molecule has 0 N–H and O–H groups in total. The zero-order valence-corrected chi connectivity index (χ0v) is 48.0. The van der Waals surface area contributed by atoms with Crippen molar-refractivity contribution in [2.24, 2.45) is 13.5 Å². The van der Waals surface area contributed by atoms with Gasteiger partial charge in [0.15, 0.2) is 0 Å². The monoisotopic (exact) mass is 1150 g/mol. The zero-order chi connectivity index (χ0) is 56.4. The van der Waals surface area contributed by atoms with Gasteiger partial charge in [0.05, 0.1) is 0 Å². The second-order valence-corrected chi connectivity index (χ2v) is 25.6. The van der Waals surface area contributed by atoms with Crippen LogP contribution in [0.3, 0.4) is 0 Å². The van der Waals surface area contributed by atoms with E-state index in [9.17, 15) is 0 Å². The van der Waals surface area contributed by atoms with Crippen LogP contribution in [0.4, 0.5) is 0 Å². The van der Waals surface area contributed by atoms with Crippen LogP contribution < -0.4 is 27.1 Å². The molecule has 84 heavy (non-hydrogen) atoms. The van der Waals surface area contributed by atoms with Crippen LogP contribution in [0.25, 0.3) is 66.8 Å². The standard InChI is InChI=1S/C72H54N3O6P3/c1-7-31-55(32-8-1)61-43-19-25-49-67(61)76-82(77-68-50-26-20-44-62(68)56-33-9-2-10-34-56)73-83(78-69-51-27-21-45-63(69)57-35-11-3-12-36-57,79-70-52-28-22-46-64(70)58-37-13-4-14-38-58)75-84(74-82,80-71-53-29-23-47-65(71)59-39-15-5-16-40-59)81-72-54-30-24-48-66(72)60-41-17-6-18-42-60/h1-54H. The third-order valence-electron chi connectivity index (χ3n) is 13.8. The van der Waals surface area contributed by atoms with E-state index in [1.54, 1.807) is 0 Å². The summed E-state index contributed by atoms with van der Waals surface area (Å²) in [6.45, 7) is 0. The highest BCUT2D eigenvalue weighted by Gasteiger charge is 2.50. The van der Waals surface area contributed by atoms with Gasteiger partial charge in [0.25, 0.3) is 0 Å². The second-order valence-electron chi connectivity index (χ2n) is 19.5. The van der Waals surface area contributed by atoms with Crippen LogP contribution in [0, 0.1) is 0 Å². The Morgan fingerprint density at radius 3 is 0.440 bits per heavy atom. The predicted molar refractivity (Wildman–Crippen MR) is 343 cm³/mol. The molecule has 1 heterocycles. The minimum absolute atomic E-state index is 0.420. The molecule has 0 unspecified atom stereocenters. The molecule has 0 aromatic heterocycles. The van der Waals surface area contributed by atoms with E-state index in [2.05, 4.69) is 0 Å². The molecule has 0 spiro atoms. The number of para-hydroxylation sites is 6. The van der Waals surface area contributed by atoms with Gasteiger partial charge in [0, 0.05) is 33.4 Å². The normalized spacial score (nSPS) is 13.6. The van der Waals surface area contributed by atoms with E-state index >= 15 is 0 Å². The van der Waals surface area contributed by atoms with Crippen molar-refractivity contribution in [1.29, 1.82) is 0 Å². The molecular formula is C72H54N3O6P3. The van der Waals surface area contributed by atoms with E-state index in [1.807, 2.05) is 328 Å². The molecule has 12 aromatic carbocycles. The van der Waals surface area contributed by atoms with Crippen molar-refractivity contribution >= 4 is 23.0 Å². The summed E-state index contributed by atoms with van der Waals surface area (Å²) in [5.41, 5.74) is 9.90. The lowest BCUT2D eigenvalue weighted by Gasteiger charge is -2.34. The molecule has 0 radical (unpaired) electrons. The van der Waals surface area contributed by atoms with Gasteiger partial charge in [0.1, 0.15) is 34.5 Å². The van der Waals surface area contributed by atoms with Crippen LogP contribution in [0.2, 0.25) is 0 Å². The quantitative estimate of drug-likeness (QED) is 0.0795. The summed E-state index contributed by atoms with van der Waals surface area (Å²) in [4.78, 5) is 0. The summed E-state index contributed by atoms with van der Waals surface area (Å²) >= 11 is 0. The first-order valence-corrected chi connectivity index (χ1v) is 32.0. The van der Waals surface area contributed by atoms with Crippen LogP contribution in [-0.2, 0) is 0 Å². The first-order valence-electron chi connectivity index (χ1n) is 27.4. The molecule has 0 atom stereocenters. The summed E-state index contributed by atoms with van der Waals surface area (Å²) in [6, 6.07) is 107. The van der Waals surface area contributed by atoms with E-state index in [0.29, 0.717) is 34.5 Å². The van der Waals surface area contributed by atoms with Crippen molar-refractivity contribution < 1.29 is 27.1 Å². The first-order chi connectivity index (χ1) is 41.5. The van der Waals surface area contributed by atoms with Crippen LogP contribution in [-0.4, -0.2) is 0 Å². The van der Waals surface area contributed by atoms with Gasteiger partial charge in [-0.05, 0) is 69.8 Å². The van der Waals surface area contributed by atoms with Crippen molar-refractivity contribution in [2.45, 2.75) is 0 Å². The molecule has 12 aromatic rings. The van der Waals surface area contributed by atoms with Crippen molar-refractivity contribution in [1.82, 2.24) is 0 Å². The number of benzene rings is 12. The van der Waals surface area contributed by atoms with Crippen LogP contribution in [0.5, 0.6) is 34.5 Å². The maximum atomic E-state index is 7.78. The molecule has 0 aliphatic carbocycles. The molecule has 1 aliphatic rings. The number of nitrogens with zero attached hydrogens (tertiary/aromatic N) is 3. The lowest BCUT2D eigenvalue weighted by molar-refractivity contribution is 0.444. The fraction of sp³-hybridized carbons (Fsp3) is 0. The van der Waals surface area contributed by atoms with E-state index in [4.69, 9.17) is 40.7 Å². The molecular weight excluding hydrogens is 1100 g/mol. The third-order valence-corrected chi connectivity index (χ3v) is 21.8. The Balaban J connectivity index is 1.19. The Morgan fingerprint density at radius 2 is 0.286 bits per heavy atom. The Kier molecular flexibility index (Phi) is 15.5. The highest BCUT2D eigenvalue weighted by atomic mass is 31.3. The van der Waals surface area contributed by atoms with Gasteiger partial charge < -0.3 is 27.1 Å². The van der Waals surface area contributed by atoms with Gasteiger partial charge >= 0.3 is 23.0 Å². The summed E-state index contributed by atoms with van der Waals surface area (Å²) in [5.74, 6) is 2.52. The van der Waals surface area contributed by atoms with Crippen molar-refractivity contribution in [3.63, 3.8) is 0 Å². The molecule has 9 nitrogen and oxygen atoms in total. The van der Waals surface area contributed by atoms with Crippen LogP contribution in [0.1, 0.15) is 0 Å². The van der Waals surface area contributed by atoms with Gasteiger partial charge in [0.2, 0.25) is 0 Å². The lowest BCUT2D eigenvalue weighted by atomic mass is 10.1. The second kappa shape index (κ2) is 24.3. The summed E-state index contributed by atoms with van der Waals surface area (Å²) in [6.07, 6.45) is 0. The molecule has 0 saturated carbocycles. The number of rotatable bonds is 18. The fourth-order valence-electron chi connectivity index (χ4n) is 9.94. The molecule has 13 rings (SSSR count). The summed E-state index contributed by atoms with van der Waals surface area (Å²) < 4.78 is 64.3. The topological polar surface area (TPSA) is 92.5 Å². The van der Waals surface area contributed by atoms with E-state index in [1.165, 1.54) is 0 Å². The van der Waals surface area contributed by atoms with Gasteiger partial charge in [-0.3, -0.25) is 0 Å². The first kappa shape index (κ1) is 53.4. The van der Waals surface area contributed by atoms with Gasteiger partial charge in [-0.1, -0.05) is 305 Å². The average molecular weight is 1150 g/mol. The third kappa shape index (κ3) is 11.8. The largest absolute Gasteiger partial charge is 0.460 e. The summed E-state index contributed by atoms with van der Waals surface area (Å²) in [7, 11) is -13.5. The molecule has 12 heteroatoms. The minimum Gasteiger partial charge on any atom is -0.413 e. The minimum atomic E-state index is -4.51. The zero-order valence-electron chi connectivity index (χ0n) is 45.3. The van der Waals surface area contributed by atoms with Crippen LogP contribution in [0.15, 0.2) is 341 Å². The van der Waals surface area contributed by atoms with Crippen molar-refractivity contribution in [2.75, 3.05) is 0 Å². The highest BCUT2D eigenvalue weighted by molar-refractivity contribution is 7.79. The molecule has 408 valence electrons. The molecule has 1 aliphatic heterocycles. The summed E-state index contributed by atoms with van der Waals surface area (Å²) in [5, 5.41) is 0. The van der Waals surface area contributed by atoms with E-state index < -0.39 is 23.0 Å². The van der Waals surface area contributed by atoms with Crippen molar-refractivity contribution in [3.8, 4) is 101 Å². The predicted octanol–water partition coefficient (Wildman–Crippen LogP) is 22.3. The smallest absolute Gasteiger partial charge is 0.413 e. The SMILES string of the molecule is c1ccc(-c2ccccc2OP2(Oc3ccccc3-c3ccccc3)=NP(Oc3ccccc3-c3ccccc3)(Oc3ccccc3-c3ccccc3)=NP(Oc3ccccc3-c3ccccc3)(Oc3ccccc3-c3ccccc3)=N2)cc1. The average Bonchev–Trinajstić information content (AvgIpc) is 2.33. The van der Waals surface area contributed by atoms with Gasteiger partial charge in [-0.15, -0.1) is 0 Å². The lowest BCUT2D eigenvalue weighted by Crippen LogP contribution is -2.12. The van der Waals surface area contributed by atoms with E-state index in [0.717, 1.165) is 66.8 Å². The Labute approximate surface area is 489 Å². The molecule has 0 bridgehead atoms. The molecule has 0 fully saturated rings. The number of hydrogen-bond donors (Lipinski definition) is 0. The maximum Gasteiger partial charge on any atom is 0.460 e. The molecule has 0 amide bonds. The van der Waals surface area contributed by atoms with Gasteiger partial charge in [-0.25, -0.2) is 0 Å². The van der Waals surface area contributed by atoms with Crippen LogP contribution >= 0.6 is 23.0 Å². The van der Waals surface area contributed by atoms with E-state index in [-0.39, 0.29) is 0 Å². The Hall–Kier alpha value is -9.87. The van der Waals surface area contributed by atoms with Gasteiger partial charge in [-0.2, -0.15) is 0 Å². The maximum absolute atomic E-state index is 7.78. The Morgan fingerprint density at radius 1 is 0.155 bits per heavy atom. The Bertz CT molecular complexity index is 3690. The number of hydrogen-bond acceptors (Lipinski definition) is 9. The fourth-order valence-corrected chi connectivity index (χ4v) is 19.1. The highest BCUT2D eigenvalue weighted by Crippen LogP contribution is 2.79.